The van der Waals surface area contributed by atoms with E-state index in [0.29, 0.717) is 23.6 Å². The number of anilines is 1. The van der Waals surface area contributed by atoms with Crippen LogP contribution in [-0.4, -0.2) is 38.7 Å². The SMILES string of the molecule is O=C(CCCN1C(=O)S/C(=C\c2ccccc2)C1=S)Nc1cccc(C(=O)O)c1. The van der Waals surface area contributed by atoms with E-state index in [2.05, 4.69) is 5.32 Å². The number of thioether (sulfide) groups is 1. The monoisotopic (exact) mass is 426 g/mol. The average Bonchev–Trinajstić information content (AvgIpc) is 2.96. The molecule has 1 aliphatic heterocycles. The number of benzene rings is 2. The van der Waals surface area contributed by atoms with Gasteiger partial charge in [0.2, 0.25) is 5.91 Å². The van der Waals surface area contributed by atoms with Crippen LogP contribution in [0.3, 0.4) is 0 Å². The molecular formula is C21H18N2O4S2. The molecule has 1 fully saturated rings. The Bertz CT molecular complexity index is 989. The van der Waals surface area contributed by atoms with Gasteiger partial charge < -0.3 is 10.4 Å². The molecule has 6 nitrogen and oxygen atoms in total. The molecule has 3 rings (SSSR count). The third kappa shape index (κ3) is 5.52. The minimum absolute atomic E-state index is 0.102. The van der Waals surface area contributed by atoms with E-state index in [-0.39, 0.29) is 23.1 Å². The lowest BCUT2D eigenvalue weighted by Crippen LogP contribution is -2.28. The number of thiocarbonyl (C=S) groups is 1. The Morgan fingerprint density at radius 1 is 1.14 bits per heavy atom. The van der Waals surface area contributed by atoms with Crippen molar-refractivity contribution in [2.75, 3.05) is 11.9 Å². The van der Waals surface area contributed by atoms with Gasteiger partial charge >= 0.3 is 5.97 Å². The zero-order chi connectivity index (χ0) is 20.8. The Balaban J connectivity index is 1.52. The van der Waals surface area contributed by atoms with Crippen LogP contribution in [0.15, 0.2) is 59.5 Å². The fraction of sp³-hybridized carbons (Fsp3) is 0.143. The number of amides is 2. The molecule has 1 aliphatic rings. The zero-order valence-corrected chi connectivity index (χ0v) is 17.0. The van der Waals surface area contributed by atoms with Crippen LogP contribution in [0, 0.1) is 0 Å². The highest BCUT2D eigenvalue weighted by molar-refractivity contribution is 8.19. The number of aromatic carboxylic acids is 1. The van der Waals surface area contributed by atoms with Crippen molar-refractivity contribution in [3.63, 3.8) is 0 Å². The summed E-state index contributed by atoms with van der Waals surface area (Å²) in [5.74, 6) is -1.31. The molecule has 29 heavy (non-hydrogen) atoms. The lowest BCUT2D eigenvalue weighted by Gasteiger charge is -2.14. The smallest absolute Gasteiger partial charge is 0.335 e. The quantitative estimate of drug-likeness (QED) is 0.495. The molecule has 0 unspecified atom stereocenters. The molecule has 0 aliphatic carbocycles. The summed E-state index contributed by atoms with van der Waals surface area (Å²) in [6.07, 6.45) is 2.51. The molecular weight excluding hydrogens is 408 g/mol. The van der Waals surface area contributed by atoms with Crippen LogP contribution in [0.4, 0.5) is 10.5 Å². The van der Waals surface area contributed by atoms with Crippen LogP contribution < -0.4 is 5.32 Å². The molecule has 0 spiro atoms. The summed E-state index contributed by atoms with van der Waals surface area (Å²) in [5.41, 5.74) is 1.49. The number of carbonyl (C=O) groups excluding carboxylic acids is 2. The molecule has 0 bridgehead atoms. The van der Waals surface area contributed by atoms with Gasteiger partial charge in [0.05, 0.1) is 10.5 Å². The van der Waals surface area contributed by atoms with Crippen LogP contribution in [-0.2, 0) is 4.79 Å². The summed E-state index contributed by atoms with van der Waals surface area (Å²) in [4.78, 5) is 38.1. The van der Waals surface area contributed by atoms with E-state index >= 15 is 0 Å². The average molecular weight is 427 g/mol. The number of rotatable bonds is 7. The maximum Gasteiger partial charge on any atom is 0.335 e. The van der Waals surface area contributed by atoms with Crippen LogP contribution >= 0.6 is 24.0 Å². The van der Waals surface area contributed by atoms with E-state index in [1.807, 2.05) is 36.4 Å². The van der Waals surface area contributed by atoms with Gasteiger partial charge in [0.15, 0.2) is 0 Å². The van der Waals surface area contributed by atoms with E-state index in [1.54, 1.807) is 12.1 Å². The van der Waals surface area contributed by atoms with Gasteiger partial charge in [-0.05, 0) is 48.0 Å². The van der Waals surface area contributed by atoms with E-state index in [0.717, 1.165) is 22.2 Å². The van der Waals surface area contributed by atoms with Crippen molar-refractivity contribution in [3.8, 4) is 0 Å². The van der Waals surface area contributed by atoms with Crippen molar-refractivity contribution in [1.82, 2.24) is 4.90 Å². The van der Waals surface area contributed by atoms with Gasteiger partial charge in [0, 0.05) is 18.7 Å². The van der Waals surface area contributed by atoms with Crippen molar-refractivity contribution in [1.29, 1.82) is 0 Å². The van der Waals surface area contributed by atoms with E-state index in [1.165, 1.54) is 17.0 Å². The third-order valence-electron chi connectivity index (χ3n) is 4.15. The molecule has 1 saturated heterocycles. The highest BCUT2D eigenvalue weighted by atomic mass is 32.2. The summed E-state index contributed by atoms with van der Waals surface area (Å²) < 4.78 is 0. The third-order valence-corrected chi connectivity index (χ3v) is 5.65. The molecule has 0 saturated carbocycles. The predicted molar refractivity (Wildman–Crippen MR) is 118 cm³/mol. The minimum atomic E-state index is -1.06. The molecule has 148 valence electrons. The second-order valence-electron chi connectivity index (χ2n) is 6.28. The number of nitrogens with zero attached hydrogens (tertiary/aromatic N) is 1. The standard InChI is InChI=1S/C21H18N2O4S2/c24-18(22-16-9-4-8-15(13-16)20(25)26)10-5-11-23-19(28)17(29-21(23)27)12-14-6-2-1-3-7-14/h1-4,6-9,12-13H,5,10-11H2,(H,22,24)(H,25,26)/b17-12-. The van der Waals surface area contributed by atoms with Crippen LogP contribution in [0.25, 0.3) is 6.08 Å². The zero-order valence-electron chi connectivity index (χ0n) is 15.3. The number of hydrogen-bond acceptors (Lipinski definition) is 5. The van der Waals surface area contributed by atoms with Gasteiger partial charge in [-0.2, -0.15) is 0 Å². The Morgan fingerprint density at radius 3 is 2.62 bits per heavy atom. The number of carboxylic acids is 1. The Labute approximate surface area is 177 Å². The van der Waals surface area contributed by atoms with Gasteiger partial charge in [-0.1, -0.05) is 48.6 Å². The number of carboxylic acid groups (broad SMARTS) is 1. The van der Waals surface area contributed by atoms with Crippen molar-refractivity contribution >= 4 is 57.8 Å². The fourth-order valence-corrected chi connectivity index (χ4v) is 4.03. The first kappa shape index (κ1) is 20.8. The van der Waals surface area contributed by atoms with Crippen molar-refractivity contribution in [2.45, 2.75) is 12.8 Å². The largest absolute Gasteiger partial charge is 0.478 e. The predicted octanol–water partition coefficient (Wildman–Crippen LogP) is 4.64. The maximum atomic E-state index is 12.3. The first-order chi connectivity index (χ1) is 13.9. The minimum Gasteiger partial charge on any atom is -0.478 e. The molecule has 2 aromatic rings. The summed E-state index contributed by atoms with van der Waals surface area (Å²) >= 11 is 6.51. The van der Waals surface area contributed by atoms with Gasteiger partial charge in [-0.15, -0.1) is 0 Å². The molecule has 0 atom stereocenters. The highest BCUT2D eigenvalue weighted by Crippen LogP contribution is 2.33. The first-order valence-electron chi connectivity index (χ1n) is 8.87. The maximum absolute atomic E-state index is 12.3. The molecule has 0 radical (unpaired) electrons. The topological polar surface area (TPSA) is 86.7 Å². The number of nitrogens with one attached hydrogen (secondary N) is 1. The molecule has 0 aromatic heterocycles. The van der Waals surface area contributed by atoms with Crippen LogP contribution in [0.5, 0.6) is 0 Å². The first-order valence-corrected chi connectivity index (χ1v) is 10.1. The van der Waals surface area contributed by atoms with Gasteiger partial charge in [0.25, 0.3) is 5.24 Å². The van der Waals surface area contributed by atoms with E-state index in [4.69, 9.17) is 17.3 Å². The second-order valence-corrected chi connectivity index (χ2v) is 7.66. The molecule has 2 aromatic carbocycles. The fourth-order valence-electron chi connectivity index (χ4n) is 2.74. The van der Waals surface area contributed by atoms with Crippen molar-refractivity contribution < 1.29 is 19.5 Å². The normalized spacial score (nSPS) is 15.0. The number of hydrogen-bond donors (Lipinski definition) is 2. The van der Waals surface area contributed by atoms with Gasteiger partial charge in [0.1, 0.15) is 4.99 Å². The van der Waals surface area contributed by atoms with E-state index in [9.17, 15) is 14.4 Å². The van der Waals surface area contributed by atoms with Crippen molar-refractivity contribution in [2.24, 2.45) is 0 Å². The second kappa shape index (κ2) is 9.49. The molecule has 1 heterocycles. The summed E-state index contributed by atoms with van der Waals surface area (Å²) in [7, 11) is 0. The Morgan fingerprint density at radius 2 is 1.90 bits per heavy atom. The van der Waals surface area contributed by atoms with Gasteiger partial charge in [-0.3, -0.25) is 14.5 Å². The summed E-state index contributed by atoms with van der Waals surface area (Å²) in [5, 5.41) is 11.5. The van der Waals surface area contributed by atoms with Gasteiger partial charge in [-0.25, -0.2) is 4.79 Å². The molecule has 8 heteroatoms. The highest BCUT2D eigenvalue weighted by Gasteiger charge is 2.31. The molecule has 2 N–H and O–H groups in total. The van der Waals surface area contributed by atoms with Crippen LogP contribution in [0.1, 0.15) is 28.8 Å². The van der Waals surface area contributed by atoms with Crippen LogP contribution in [0.2, 0.25) is 0 Å². The van der Waals surface area contributed by atoms with E-state index < -0.39 is 5.97 Å². The molecule has 2 amide bonds. The lowest BCUT2D eigenvalue weighted by atomic mass is 10.2. The summed E-state index contributed by atoms with van der Waals surface area (Å²) in [6.45, 7) is 0.347. The van der Waals surface area contributed by atoms with Crippen molar-refractivity contribution in [3.05, 3.63) is 70.6 Å². The Kier molecular flexibility index (Phi) is 6.79. The summed E-state index contributed by atoms with van der Waals surface area (Å²) in [6, 6.07) is 15.7. The lowest BCUT2D eigenvalue weighted by molar-refractivity contribution is -0.116. The Hall–Kier alpha value is -2.97. The number of carbonyl (C=O) groups is 3.